The monoisotopic (exact) mass is 528 g/mol. The van der Waals surface area contributed by atoms with Gasteiger partial charge in [-0.1, -0.05) is 38.5 Å². The van der Waals surface area contributed by atoms with Gasteiger partial charge in [-0.2, -0.15) is 0 Å². The van der Waals surface area contributed by atoms with Crippen molar-refractivity contribution in [2.24, 2.45) is 39.9 Å². The molecule has 0 aromatic carbocycles. The van der Waals surface area contributed by atoms with Gasteiger partial charge in [-0.25, -0.2) is 4.79 Å². The van der Waals surface area contributed by atoms with Crippen LogP contribution in [0, 0.1) is 39.9 Å². The highest BCUT2D eigenvalue weighted by Gasteiger charge is 2.72. The summed E-state index contributed by atoms with van der Waals surface area (Å²) in [5.41, 5.74) is -1.33. The molecule has 2 heterocycles. The Kier molecular flexibility index (Phi) is 6.16. The van der Waals surface area contributed by atoms with Crippen molar-refractivity contribution in [1.29, 1.82) is 0 Å². The molecule has 0 bridgehead atoms. The first kappa shape index (κ1) is 26.9. The van der Waals surface area contributed by atoms with E-state index in [2.05, 4.69) is 26.8 Å². The normalized spacial score (nSPS) is 45.0. The summed E-state index contributed by atoms with van der Waals surface area (Å²) < 4.78 is 23.5. The minimum absolute atomic E-state index is 0.0271. The Morgan fingerprint density at radius 1 is 1.03 bits per heavy atom. The molecular formula is C30H40O8. The van der Waals surface area contributed by atoms with Gasteiger partial charge in [-0.05, 0) is 50.4 Å². The van der Waals surface area contributed by atoms with Crippen LogP contribution in [0.3, 0.4) is 0 Å². The molecule has 0 N–H and O–H groups in total. The summed E-state index contributed by atoms with van der Waals surface area (Å²) in [7, 11) is 0. The molecular weight excluding hydrogens is 488 g/mol. The van der Waals surface area contributed by atoms with Gasteiger partial charge >= 0.3 is 23.9 Å². The summed E-state index contributed by atoms with van der Waals surface area (Å²) >= 11 is 0. The van der Waals surface area contributed by atoms with Crippen LogP contribution in [0.5, 0.6) is 0 Å². The van der Waals surface area contributed by atoms with Gasteiger partial charge in [-0.3, -0.25) is 14.4 Å². The lowest BCUT2D eigenvalue weighted by molar-refractivity contribution is -0.248. The number of allylic oxidation sites excluding steroid dienone is 2. The molecule has 3 fully saturated rings. The smallest absolute Gasteiger partial charge is 0.330 e. The second kappa shape index (κ2) is 8.68. The van der Waals surface area contributed by atoms with Gasteiger partial charge in [0, 0.05) is 42.6 Å². The summed E-state index contributed by atoms with van der Waals surface area (Å²) in [4.78, 5) is 49.9. The molecule has 2 saturated carbocycles. The topological polar surface area (TPSA) is 105 Å². The van der Waals surface area contributed by atoms with E-state index in [1.807, 2.05) is 19.9 Å². The van der Waals surface area contributed by atoms with Crippen LogP contribution in [-0.4, -0.2) is 48.3 Å². The van der Waals surface area contributed by atoms with Crippen molar-refractivity contribution in [3.63, 3.8) is 0 Å². The van der Waals surface area contributed by atoms with Crippen LogP contribution in [0.1, 0.15) is 74.1 Å². The van der Waals surface area contributed by atoms with Crippen LogP contribution < -0.4 is 0 Å². The molecule has 3 aliphatic carbocycles. The van der Waals surface area contributed by atoms with Crippen molar-refractivity contribution in [1.82, 2.24) is 0 Å². The van der Waals surface area contributed by atoms with E-state index in [0.29, 0.717) is 13.0 Å². The van der Waals surface area contributed by atoms with Gasteiger partial charge < -0.3 is 18.9 Å². The number of esters is 4. The van der Waals surface area contributed by atoms with E-state index in [1.54, 1.807) is 0 Å². The third-order valence-corrected chi connectivity index (χ3v) is 10.6. The quantitative estimate of drug-likeness (QED) is 0.303. The predicted molar refractivity (Wildman–Crippen MR) is 136 cm³/mol. The van der Waals surface area contributed by atoms with E-state index in [0.717, 1.165) is 19.3 Å². The first-order valence-corrected chi connectivity index (χ1v) is 13.8. The molecule has 9 atom stereocenters. The molecule has 0 aromatic rings. The third kappa shape index (κ3) is 3.76. The Hall–Kier alpha value is -2.64. The van der Waals surface area contributed by atoms with Crippen LogP contribution in [-0.2, 0) is 38.1 Å². The zero-order valence-corrected chi connectivity index (χ0v) is 23.5. The van der Waals surface area contributed by atoms with Crippen molar-refractivity contribution >= 4 is 23.9 Å². The van der Waals surface area contributed by atoms with E-state index < -0.39 is 52.5 Å². The highest BCUT2D eigenvalue weighted by molar-refractivity contribution is 5.83. The lowest BCUT2D eigenvalue weighted by Crippen LogP contribution is -2.70. The number of carbonyl (C=O) groups is 4. The number of ether oxygens (including phenoxy) is 4. The molecule has 0 spiro atoms. The maximum Gasteiger partial charge on any atom is 0.330 e. The fraction of sp³-hybridized carbons (Fsp3) is 0.733. The van der Waals surface area contributed by atoms with Gasteiger partial charge in [0.2, 0.25) is 0 Å². The first-order chi connectivity index (χ1) is 17.6. The number of hydrogen-bond donors (Lipinski definition) is 0. The predicted octanol–water partition coefficient (Wildman–Crippen LogP) is 4.31. The molecule has 0 radical (unpaired) electrons. The second-order valence-corrected chi connectivity index (χ2v) is 13.2. The number of fused-ring (bicyclic) bond motifs is 5. The highest BCUT2D eigenvalue weighted by Crippen LogP contribution is 2.72. The average molecular weight is 529 g/mol. The highest BCUT2D eigenvalue weighted by atomic mass is 16.6. The molecule has 5 aliphatic rings. The van der Waals surface area contributed by atoms with Gasteiger partial charge in [0.1, 0.15) is 17.8 Å². The van der Waals surface area contributed by atoms with Crippen LogP contribution in [0.4, 0.5) is 0 Å². The minimum atomic E-state index is -0.996. The second-order valence-electron chi connectivity index (χ2n) is 13.2. The Morgan fingerprint density at radius 2 is 1.71 bits per heavy atom. The van der Waals surface area contributed by atoms with Crippen molar-refractivity contribution in [2.75, 3.05) is 6.61 Å². The Labute approximate surface area is 224 Å². The summed E-state index contributed by atoms with van der Waals surface area (Å²) in [6.07, 6.45) is 7.04. The SMILES string of the molecule is CC(=O)O[C@H]1[C@@H](OC(C)=O)[C@@]2(C)C3=CC[C@@H](C4COC(=O)C4)[C@]3(C)CC[C@@H]2[C@@]2(C)C=CC(=O)OC(C)(C)[C@H]12. The Bertz CT molecular complexity index is 1140. The molecule has 5 rings (SSSR count). The molecule has 8 nitrogen and oxygen atoms in total. The maximum atomic E-state index is 12.7. The summed E-state index contributed by atoms with van der Waals surface area (Å²) in [6.45, 7) is 13.4. The zero-order chi connectivity index (χ0) is 27.8. The van der Waals surface area contributed by atoms with Crippen LogP contribution in [0.2, 0.25) is 0 Å². The van der Waals surface area contributed by atoms with E-state index in [4.69, 9.17) is 18.9 Å². The number of carbonyl (C=O) groups excluding carboxylic acids is 4. The van der Waals surface area contributed by atoms with Crippen molar-refractivity contribution in [3.05, 3.63) is 23.8 Å². The molecule has 1 unspecified atom stereocenters. The van der Waals surface area contributed by atoms with Gasteiger partial charge in [-0.15, -0.1) is 0 Å². The van der Waals surface area contributed by atoms with Gasteiger partial charge in [0.15, 0.2) is 0 Å². The molecule has 208 valence electrons. The van der Waals surface area contributed by atoms with E-state index >= 15 is 0 Å². The number of cyclic esters (lactones) is 2. The standard InChI is InChI=1S/C30H40O8/c1-16(31)36-24-25-27(3,4)38-22(33)11-13-29(25,6)21-10-12-28(5)19(18-14-23(34)35-15-18)8-9-20(28)30(21,7)26(24)37-17(2)32/h9,11,13,18-19,21,24-26H,8,10,12,14-15H2,1-7H3/t18?,19-,21+,24+,25-,26+,28-,29+,30-/m0/s1. The van der Waals surface area contributed by atoms with Crippen molar-refractivity contribution in [2.45, 2.75) is 92.0 Å². The Morgan fingerprint density at radius 3 is 2.32 bits per heavy atom. The van der Waals surface area contributed by atoms with Gasteiger partial charge in [0.05, 0.1) is 13.0 Å². The third-order valence-electron chi connectivity index (χ3n) is 10.6. The van der Waals surface area contributed by atoms with Gasteiger partial charge in [0.25, 0.3) is 0 Å². The minimum Gasteiger partial charge on any atom is -0.465 e. The molecule has 2 aliphatic heterocycles. The molecule has 0 amide bonds. The first-order valence-electron chi connectivity index (χ1n) is 13.8. The van der Waals surface area contributed by atoms with Crippen LogP contribution in [0.15, 0.2) is 23.8 Å². The molecule has 38 heavy (non-hydrogen) atoms. The van der Waals surface area contributed by atoms with E-state index in [1.165, 1.54) is 25.5 Å². The largest absolute Gasteiger partial charge is 0.465 e. The summed E-state index contributed by atoms with van der Waals surface area (Å²) in [5.74, 6) is -1.64. The summed E-state index contributed by atoms with van der Waals surface area (Å²) in [6, 6.07) is 0. The average Bonchev–Trinajstić information content (AvgIpc) is 3.34. The lowest BCUT2D eigenvalue weighted by Gasteiger charge is -2.66. The molecule has 1 saturated heterocycles. The lowest BCUT2D eigenvalue weighted by atomic mass is 9.39. The summed E-state index contributed by atoms with van der Waals surface area (Å²) in [5, 5.41) is 0. The van der Waals surface area contributed by atoms with E-state index in [-0.39, 0.29) is 29.1 Å². The van der Waals surface area contributed by atoms with Crippen LogP contribution in [0.25, 0.3) is 0 Å². The Balaban J connectivity index is 1.69. The number of rotatable bonds is 3. The maximum absolute atomic E-state index is 12.7. The van der Waals surface area contributed by atoms with E-state index in [9.17, 15) is 19.2 Å². The number of hydrogen-bond acceptors (Lipinski definition) is 8. The molecule has 0 aromatic heterocycles. The zero-order valence-electron chi connectivity index (χ0n) is 23.5. The van der Waals surface area contributed by atoms with Crippen LogP contribution >= 0.6 is 0 Å². The van der Waals surface area contributed by atoms with Crippen molar-refractivity contribution in [3.8, 4) is 0 Å². The fourth-order valence-corrected chi connectivity index (χ4v) is 9.58. The van der Waals surface area contributed by atoms with Crippen molar-refractivity contribution < 1.29 is 38.1 Å². The fourth-order valence-electron chi connectivity index (χ4n) is 9.58. The molecule has 8 heteroatoms.